The van der Waals surface area contributed by atoms with Gasteiger partial charge in [-0.3, -0.25) is 0 Å². The Morgan fingerprint density at radius 3 is 2.86 bits per heavy atom. The fourth-order valence-corrected chi connectivity index (χ4v) is 3.24. The van der Waals surface area contributed by atoms with Crippen LogP contribution in [0.2, 0.25) is 0 Å². The third-order valence-electron chi connectivity index (χ3n) is 3.15. The number of benzene rings is 2. The first-order valence-electron chi connectivity index (χ1n) is 6.32. The second-order valence-electron chi connectivity index (χ2n) is 4.57. The van der Waals surface area contributed by atoms with Crippen LogP contribution >= 0.6 is 27.3 Å². The summed E-state index contributed by atoms with van der Waals surface area (Å²) >= 11 is 4.95. The van der Waals surface area contributed by atoms with Crippen LogP contribution in [-0.4, -0.2) is 5.97 Å². The van der Waals surface area contributed by atoms with E-state index in [0.717, 1.165) is 15.4 Å². The Labute approximate surface area is 134 Å². The number of hydrogen-bond donors (Lipinski definition) is 1. The molecule has 0 radical (unpaired) electrons. The summed E-state index contributed by atoms with van der Waals surface area (Å²) in [6, 6.07) is 13.1. The maximum Gasteiger partial charge on any atom is 0.338 e. The highest BCUT2D eigenvalue weighted by Crippen LogP contribution is 2.26. The Morgan fingerprint density at radius 2 is 2.05 bits per heavy atom. The number of fused-ring (bicyclic) bond motifs is 1. The molecule has 106 valence electrons. The Morgan fingerprint density at radius 1 is 1.24 bits per heavy atom. The van der Waals surface area contributed by atoms with Crippen molar-refractivity contribution < 1.29 is 9.53 Å². The number of rotatable bonds is 3. The standard InChI is InChI=1S/C16H12BrNO2S/c17-13-6-5-10(7-14(13)18)16(19)20-8-11-9-21-15-4-2-1-3-12(11)15/h1-7,9H,8,18H2. The lowest BCUT2D eigenvalue weighted by Crippen LogP contribution is -2.05. The van der Waals surface area contributed by atoms with Gasteiger partial charge in [-0.1, -0.05) is 18.2 Å². The van der Waals surface area contributed by atoms with Crippen molar-refractivity contribution >= 4 is 49.0 Å². The van der Waals surface area contributed by atoms with Crippen molar-refractivity contribution in [1.29, 1.82) is 0 Å². The summed E-state index contributed by atoms with van der Waals surface area (Å²) in [5.74, 6) is -0.371. The van der Waals surface area contributed by atoms with Gasteiger partial charge in [0.15, 0.2) is 0 Å². The fourth-order valence-electron chi connectivity index (χ4n) is 2.04. The molecule has 0 aliphatic heterocycles. The van der Waals surface area contributed by atoms with Crippen molar-refractivity contribution in [3.8, 4) is 0 Å². The number of anilines is 1. The van der Waals surface area contributed by atoms with Crippen LogP contribution in [0.1, 0.15) is 15.9 Å². The summed E-state index contributed by atoms with van der Waals surface area (Å²) in [5, 5.41) is 3.15. The average molecular weight is 362 g/mol. The summed E-state index contributed by atoms with van der Waals surface area (Å²) < 4.78 is 7.33. The molecule has 5 heteroatoms. The molecule has 3 aromatic rings. The van der Waals surface area contributed by atoms with E-state index >= 15 is 0 Å². The lowest BCUT2D eigenvalue weighted by atomic mass is 10.2. The molecule has 0 fully saturated rings. The van der Waals surface area contributed by atoms with Crippen LogP contribution in [0.3, 0.4) is 0 Å². The van der Waals surface area contributed by atoms with Crippen LogP contribution in [-0.2, 0) is 11.3 Å². The second-order valence-corrected chi connectivity index (χ2v) is 6.34. The third-order valence-corrected chi connectivity index (χ3v) is 4.89. The van der Waals surface area contributed by atoms with Crippen LogP contribution in [0, 0.1) is 0 Å². The molecule has 0 saturated heterocycles. The van der Waals surface area contributed by atoms with Gasteiger partial charge in [0.1, 0.15) is 6.61 Å². The van der Waals surface area contributed by atoms with E-state index in [4.69, 9.17) is 10.5 Å². The molecule has 0 spiro atoms. The molecular formula is C16H12BrNO2S. The molecule has 0 aliphatic carbocycles. The molecule has 1 aromatic heterocycles. The minimum atomic E-state index is -0.371. The van der Waals surface area contributed by atoms with E-state index in [1.807, 2.05) is 23.6 Å². The Hall–Kier alpha value is -1.85. The van der Waals surface area contributed by atoms with Gasteiger partial charge in [0.2, 0.25) is 0 Å². The van der Waals surface area contributed by atoms with Gasteiger partial charge in [0.25, 0.3) is 0 Å². The minimum Gasteiger partial charge on any atom is -0.457 e. The summed E-state index contributed by atoms with van der Waals surface area (Å²) in [6.07, 6.45) is 0. The van der Waals surface area contributed by atoms with E-state index in [-0.39, 0.29) is 12.6 Å². The van der Waals surface area contributed by atoms with Crippen LogP contribution in [0.15, 0.2) is 52.3 Å². The molecule has 0 unspecified atom stereocenters. The van der Waals surface area contributed by atoms with Gasteiger partial charge < -0.3 is 10.5 Å². The number of carbonyl (C=O) groups is 1. The summed E-state index contributed by atoms with van der Waals surface area (Å²) in [4.78, 5) is 12.0. The highest BCUT2D eigenvalue weighted by molar-refractivity contribution is 9.10. The average Bonchev–Trinajstić information content (AvgIpc) is 2.91. The first-order chi connectivity index (χ1) is 10.1. The van der Waals surface area contributed by atoms with E-state index < -0.39 is 0 Å². The van der Waals surface area contributed by atoms with Crippen LogP contribution in [0.5, 0.6) is 0 Å². The molecule has 3 nitrogen and oxygen atoms in total. The number of nitrogen functional groups attached to an aromatic ring is 1. The lowest BCUT2D eigenvalue weighted by molar-refractivity contribution is 0.0475. The molecule has 2 aromatic carbocycles. The van der Waals surface area contributed by atoms with Crippen LogP contribution in [0.25, 0.3) is 10.1 Å². The van der Waals surface area contributed by atoms with E-state index in [0.29, 0.717) is 11.3 Å². The summed E-state index contributed by atoms with van der Waals surface area (Å²) in [7, 11) is 0. The largest absolute Gasteiger partial charge is 0.457 e. The summed E-state index contributed by atoms with van der Waals surface area (Å²) in [6.45, 7) is 0.263. The zero-order chi connectivity index (χ0) is 14.8. The van der Waals surface area contributed by atoms with E-state index in [9.17, 15) is 4.79 Å². The predicted molar refractivity (Wildman–Crippen MR) is 89.5 cm³/mol. The number of hydrogen-bond acceptors (Lipinski definition) is 4. The lowest BCUT2D eigenvalue weighted by Gasteiger charge is -2.06. The quantitative estimate of drug-likeness (QED) is 0.547. The van der Waals surface area contributed by atoms with Gasteiger partial charge in [0, 0.05) is 20.4 Å². The summed E-state index contributed by atoms with van der Waals surface area (Å²) in [5.41, 5.74) is 7.77. The Balaban J connectivity index is 1.75. The zero-order valence-electron chi connectivity index (χ0n) is 11.0. The predicted octanol–water partition coefficient (Wildman–Crippen LogP) is 4.60. The van der Waals surface area contributed by atoms with E-state index in [1.165, 1.54) is 4.70 Å². The number of halogens is 1. The minimum absolute atomic E-state index is 0.263. The molecular weight excluding hydrogens is 350 g/mol. The first kappa shape index (κ1) is 14.1. The number of carbonyl (C=O) groups excluding carboxylic acids is 1. The molecule has 0 bridgehead atoms. The number of thiophene rings is 1. The molecule has 21 heavy (non-hydrogen) atoms. The van der Waals surface area contributed by atoms with Crippen molar-refractivity contribution in [1.82, 2.24) is 0 Å². The zero-order valence-corrected chi connectivity index (χ0v) is 13.4. The van der Waals surface area contributed by atoms with Crippen molar-refractivity contribution in [2.24, 2.45) is 0 Å². The molecule has 0 aliphatic rings. The van der Waals surface area contributed by atoms with Crippen molar-refractivity contribution in [2.45, 2.75) is 6.61 Å². The van der Waals surface area contributed by atoms with Crippen molar-refractivity contribution in [3.63, 3.8) is 0 Å². The monoisotopic (exact) mass is 361 g/mol. The van der Waals surface area contributed by atoms with Gasteiger partial charge >= 0.3 is 5.97 Å². The fraction of sp³-hybridized carbons (Fsp3) is 0.0625. The van der Waals surface area contributed by atoms with Gasteiger partial charge in [0.05, 0.1) is 5.56 Å². The first-order valence-corrected chi connectivity index (χ1v) is 7.99. The highest BCUT2D eigenvalue weighted by Gasteiger charge is 2.11. The smallest absolute Gasteiger partial charge is 0.338 e. The van der Waals surface area contributed by atoms with Gasteiger partial charge in [-0.15, -0.1) is 11.3 Å². The molecule has 3 rings (SSSR count). The normalized spacial score (nSPS) is 10.7. The van der Waals surface area contributed by atoms with Gasteiger partial charge in [-0.05, 0) is 51.0 Å². The highest BCUT2D eigenvalue weighted by atomic mass is 79.9. The third kappa shape index (κ3) is 2.94. The molecule has 1 heterocycles. The number of ether oxygens (including phenoxy) is 1. The van der Waals surface area contributed by atoms with Crippen LogP contribution in [0.4, 0.5) is 5.69 Å². The maximum absolute atomic E-state index is 12.0. The molecule has 0 amide bonds. The number of esters is 1. The Bertz CT molecular complexity index is 813. The topological polar surface area (TPSA) is 52.3 Å². The SMILES string of the molecule is Nc1cc(C(=O)OCc2csc3ccccc23)ccc1Br. The van der Waals surface area contributed by atoms with E-state index in [1.54, 1.807) is 29.5 Å². The van der Waals surface area contributed by atoms with Crippen molar-refractivity contribution in [2.75, 3.05) is 5.73 Å². The van der Waals surface area contributed by atoms with Gasteiger partial charge in [-0.2, -0.15) is 0 Å². The molecule has 2 N–H and O–H groups in total. The van der Waals surface area contributed by atoms with Crippen molar-refractivity contribution in [3.05, 3.63) is 63.4 Å². The van der Waals surface area contributed by atoms with Crippen LogP contribution < -0.4 is 5.73 Å². The second kappa shape index (κ2) is 5.87. The van der Waals surface area contributed by atoms with Gasteiger partial charge in [-0.25, -0.2) is 4.79 Å². The number of nitrogens with two attached hydrogens (primary N) is 1. The molecule has 0 atom stereocenters. The Kier molecular flexibility index (Phi) is 3.94. The maximum atomic E-state index is 12.0. The van der Waals surface area contributed by atoms with E-state index in [2.05, 4.69) is 22.0 Å². The molecule has 0 saturated carbocycles.